The van der Waals surface area contributed by atoms with Gasteiger partial charge in [-0.2, -0.15) is 8.78 Å². The maximum Gasteiger partial charge on any atom is 0.301 e. The van der Waals surface area contributed by atoms with Gasteiger partial charge < -0.3 is 5.11 Å². The average molecular weight is 284 g/mol. The van der Waals surface area contributed by atoms with Crippen LogP contribution in [0.5, 0.6) is 0 Å². The quantitative estimate of drug-likeness (QED) is 0.865. The Kier molecular flexibility index (Phi) is 3.48. The molecule has 2 atom stereocenters. The molecule has 2 saturated heterocycles. The van der Waals surface area contributed by atoms with E-state index in [0.717, 1.165) is 0 Å². The summed E-state index contributed by atoms with van der Waals surface area (Å²) in [4.78, 5) is 0. The van der Waals surface area contributed by atoms with E-state index in [4.69, 9.17) is 0 Å². The van der Waals surface area contributed by atoms with Crippen LogP contribution >= 0.6 is 0 Å². The zero-order valence-corrected chi connectivity index (χ0v) is 10.5. The van der Waals surface area contributed by atoms with Crippen LogP contribution in [0.4, 0.5) is 13.2 Å². The van der Waals surface area contributed by atoms with Gasteiger partial charge in [-0.1, -0.05) is 0 Å². The summed E-state index contributed by atoms with van der Waals surface area (Å²) in [5.74, 6) is -1.52. The summed E-state index contributed by atoms with van der Waals surface area (Å²) >= 11 is 0. The second-order valence-corrected chi connectivity index (χ2v) is 7.72. The van der Waals surface area contributed by atoms with E-state index in [1.165, 1.54) is 0 Å². The monoisotopic (exact) mass is 284 g/mol. The Hall–Kier alpha value is -0.560. The Bertz CT molecular complexity index is 448. The zero-order valence-electron chi connectivity index (χ0n) is 9.70. The molecule has 2 aliphatic rings. The molecular formula is C11H15F3O3S. The maximum absolute atomic E-state index is 12.7. The lowest BCUT2D eigenvalue weighted by Gasteiger charge is -2.36. The highest BCUT2D eigenvalue weighted by molar-refractivity contribution is 7.93. The standard InChI is InChI=1S/C11H15F3O3S/c12-9(10(13)14)3-4-11(15)5-7-1-2-8(6-11)18(7,16)17/h7-8,15H,1-6H2. The summed E-state index contributed by atoms with van der Waals surface area (Å²) in [6.45, 7) is 0. The summed E-state index contributed by atoms with van der Waals surface area (Å²) in [6, 6.07) is 0. The molecule has 2 fully saturated rings. The smallest absolute Gasteiger partial charge is 0.301 e. The van der Waals surface area contributed by atoms with Gasteiger partial charge in [-0.15, -0.1) is 0 Å². The van der Waals surface area contributed by atoms with Gasteiger partial charge in [0, 0.05) is 6.42 Å². The second-order valence-electron chi connectivity index (χ2n) is 5.21. The predicted molar refractivity (Wildman–Crippen MR) is 59.5 cm³/mol. The Balaban J connectivity index is 2.05. The number of halogens is 3. The molecule has 0 saturated carbocycles. The van der Waals surface area contributed by atoms with Crippen LogP contribution in [-0.4, -0.2) is 29.6 Å². The highest BCUT2D eigenvalue weighted by Gasteiger charge is 2.52. The van der Waals surface area contributed by atoms with E-state index < -0.39 is 44.3 Å². The van der Waals surface area contributed by atoms with Gasteiger partial charge in [0.1, 0.15) is 0 Å². The zero-order chi connectivity index (χ0) is 13.6. The summed E-state index contributed by atoms with van der Waals surface area (Å²) in [5, 5.41) is 9.03. The van der Waals surface area contributed by atoms with Gasteiger partial charge in [0.05, 0.1) is 16.1 Å². The third-order valence-corrected chi connectivity index (χ3v) is 6.63. The largest absolute Gasteiger partial charge is 0.390 e. The van der Waals surface area contributed by atoms with Gasteiger partial charge >= 0.3 is 6.08 Å². The van der Waals surface area contributed by atoms with Crippen LogP contribution in [0.2, 0.25) is 0 Å². The van der Waals surface area contributed by atoms with Crippen LogP contribution in [0.3, 0.4) is 0 Å². The highest BCUT2D eigenvalue weighted by atomic mass is 32.2. The van der Waals surface area contributed by atoms with E-state index in [9.17, 15) is 26.7 Å². The topological polar surface area (TPSA) is 54.4 Å². The van der Waals surface area contributed by atoms with Crippen molar-refractivity contribution in [2.24, 2.45) is 0 Å². The number of aliphatic hydroxyl groups is 1. The molecule has 0 aliphatic carbocycles. The van der Waals surface area contributed by atoms with Crippen molar-refractivity contribution in [3.05, 3.63) is 11.9 Å². The van der Waals surface area contributed by atoms with Crippen molar-refractivity contribution in [3.63, 3.8) is 0 Å². The molecule has 0 radical (unpaired) electrons. The molecule has 2 aliphatic heterocycles. The lowest BCUT2D eigenvalue weighted by atomic mass is 9.88. The molecule has 0 aromatic rings. The van der Waals surface area contributed by atoms with Gasteiger partial charge in [-0.3, -0.25) is 0 Å². The van der Waals surface area contributed by atoms with Crippen molar-refractivity contribution in [1.29, 1.82) is 0 Å². The normalized spacial score (nSPS) is 37.6. The molecule has 0 aromatic heterocycles. The van der Waals surface area contributed by atoms with E-state index in [1.807, 2.05) is 0 Å². The van der Waals surface area contributed by atoms with Crippen LogP contribution in [0.25, 0.3) is 0 Å². The minimum Gasteiger partial charge on any atom is -0.390 e. The average Bonchev–Trinajstić information content (AvgIpc) is 2.48. The molecule has 2 unspecified atom stereocenters. The van der Waals surface area contributed by atoms with Gasteiger partial charge in [0.15, 0.2) is 15.7 Å². The number of hydrogen-bond donors (Lipinski definition) is 1. The first kappa shape index (κ1) is 13.9. The van der Waals surface area contributed by atoms with Gasteiger partial charge in [0.2, 0.25) is 0 Å². The first-order valence-electron chi connectivity index (χ1n) is 5.89. The fourth-order valence-electron chi connectivity index (χ4n) is 2.98. The van der Waals surface area contributed by atoms with Gasteiger partial charge in [0.25, 0.3) is 0 Å². The maximum atomic E-state index is 12.7. The Morgan fingerprint density at radius 3 is 2.11 bits per heavy atom. The van der Waals surface area contributed by atoms with E-state index in [2.05, 4.69) is 0 Å². The minimum atomic E-state index is -3.17. The molecule has 7 heteroatoms. The summed E-state index contributed by atoms with van der Waals surface area (Å²) in [7, 11) is -3.17. The van der Waals surface area contributed by atoms with Crippen molar-refractivity contribution < 1.29 is 26.7 Å². The van der Waals surface area contributed by atoms with Crippen molar-refractivity contribution in [2.45, 2.75) is 54.6 Å². The first-order chi connectivity index (χ1) is 8.24. The molecule has 0 aromatic carbocycles. The summed E-state index contributed by atoms with van der Waals surface area (Å²) in [5.41, 5.74) is -1.33. The number of rotatable bonds is 3. The first-order valence-corrected chi connectivity index (χ1v) is 7.50. The lowest BCUT2D eigenvalue weighted by Crippen LogP contribution is -2.44. The van der Waals surface area contributed by atoms with Crippen molar-refractivity contribution >= 4 is 9.84 Å². The number of sulfone groups is 1. The molecular weight excluding hydrogens is 269 g/mol. The summed E-state index contributed by atoms with van der Waals surface area (Å²) < 4.78 is 60.1. The van der Waals surface area contributed by atoms with Crippen molar-refractivity contribution in [3.8, 4) is 0 Å². The lowest BCUT2D eigenvalue weighted by molar-refractivity contribution is 0.0120. The number of hydrogen-bond acceptors (Lipinski definition) is 3. The minimum absolute atomic E-state index is 0.0347. The SMILES string of the molecule is O=S1(=O)C2CCC1CC(O)(CCC(F)=C(F)F)C2. The molecule has 0 spiro atoms. The van der Waals surface area contributed by atoms with Gasteiger partial charge in [-0.25, -0.2) is 12.8 Å². The van der Waals surface area contributed by atoms with E-state index in [-0.39, 0.29) is 19.3 Å². The number of fused-ring (bicyclic) bond motifs is 2. The van der Waals surface area contributed by atoms with E-state index in [0.29, 0.717) is 12.8 Å². The predicted octanol–water partition coefficient (Wildman–Crippen LogP) is 2.31. The third kappa shape index (κ3) is 2.42. The van der Waals surface area contributed by atoms with Crippen molar-refractivity contribution in [1.82, 2.24) is 0 Å². The molecule has 2 heterocycles. The molecule has 0 amide bonds. The fraction of sp³-hybridized carbons (Fsp3) is 0.818. The molecule has 2 bridgehead atoms. The Labute approximate surface area is 104 Å². The van der Waals surface area contributed by atoms with Gasteiger partial charge in [-0.05, 0) is 32.1 Å². The van der Waals surface area contributed by atoms with Crippen molar-refractivity contribution in [2.75, 3.05) is 0 Å². The molecule has 104 valence electrons. The van der Waals surface area contributed by atoms with E-state index in [1.54, 1.807) is 0 Å². The third-order valence-electron chi connectivity index (χ3n) is 3.97. The molecule has 3 nitrogen and oxygen atoms in total. The molecule has 1 N–H and O–H groups in total. The second kappa shape index (κ2) is 4.52. The Morgan fingerprint density at radius 2 is 1.67 bits per heavy atom. The van der Waals surface area contributed by atoms with E-state index >= 15 is 0 Å². The van der Waals surface area contributed by atoms with Crippen LogP contribution in [0, 0.1) is 0 Å². The molecule has 2 rings (SSSR count). The van der Waals surface area contributed by atoms with Crippen LogP contribution in [-0.2, 0) is 9.84 Å². The van der Waals surface area contributed by atoms with Crippen LogP contribution in [0.15, 0.2) is 11.9 Å². The molecule has 18 heavy (non-hydrogen) atoms. The number of allylic oxidation sites excluding steroid dienone is 1. The summed E-state index contributed by atoms with van der Waals surface area (Å²) in [6.07, 6.45) is -1.99. The van der Waals surface area contributed by atoms with Crippen LogP contribution in [0.1, 0.15) is 38.5 Å². The van der Waals surface area contributed by atoms with Crippen LogP contribution < -0.4 is 0 Å². The highest BCUT2D eigenvalue weighted by Crippen LogP contribution is 2.45. The Morgan fingerprint density at radius 1 is 1.17 bits per heavy atom. The fourth-order valence-corrected chi connectivity index (χ4v) is 5.54.